The molecule has 1 atom stereocenters. The Bertz CT molecular complexity index is 864. The largest absolute Gasteiger partial charge is 0.375 e. The molecule has 3 rings (SSSR count). The molecule has 0 spiro atoms. The van der Waals surface area contributed by atoms with Gasteiger partial charge < -0.3 is 10.2 Å². The molecular weight excluding hydrogens is 295 g/mol. The fourth-order valence-electron chi connectivity index (χ4n) is 2.29. The third kappa shape index (κ3) is 3.03. The Morgan fingerprint density at radius 2 is 1.77 bits per heavy atom. The Balaban J connectivity index is 1.85. The summed E-state index contributed by atoms with van der Waals surface area (Å²) in [6.07, 6.45) is -0.0385. The van der Waals surface area contributed by atoms with Gasteiger partial charge in [-0.1, -0.05) is 42.5 Å². The molecule has 5 heteroatoms. The molecule has 0 aliphatic rings. The van der Waals surface area contributed by atoms with E-state index in [9.17, 15) is 9.46 Å². The quantitative estimate of drug-likeness (QED) is 0.724. The lowest BCUT2D eigenvalue weighted by Gasteiger charge is -2.14. The second kappa shape index (κ2) is 5.91. The summed E-state index contributed by atoms with van der Waals surface area (Å²) in [5.41, 5.74) is 2.85. The van der Waals surface area contributed by atoms with Gasteiger partial charge in [-0.25, -0.2) is 4.98 Å². The van der Waals surface area contributed by atoms with Gasteiger partial charge in [-0.2, -0.15) is 0 Å². The van der Waals surface area contributed by atoms with Crippen molar-refractivity contribution in [1.82, 2.24) is 4.98 Å². The van der Waals surface area contributed by atoms with Crippen LogP contribution in [0.25, 0.3) is 10.9 Å². The Kier molecular flexibility index (Phi) is 3.97. The van der Waals surface area contributed by atoms with Gasteiger partial charge in [0.05, 0.1) is 11.8 Å². The highest BCUT2D eigenvalue weighted by Crippen LogP contribution is 2.38. The van der Waals surface area contributed by atoms with Gasteiger partial charge >= 0.3 is 0 Å². The van der Waals surface area contributed by atoms with Crippen LogP contribution in [0.4, 0.5) is 5.69 Å². The zero-order valence-corrected chi connectivity index (χ0v) is 13.1. The number of nitrogens with zero attached hydrogens (tertiary/aromatic N) is 1. The first-order chi connectivity index (χ1) is 10.6. The molecule has 1 aromatic heterocycles. The van der Waals surface area contributed by atoms with E-state index < -0.39 is 7.37 Å². The highest BCUT2D eigenvalue weighted by molar-refractivity contribution is 7.65. The van der Waals surface area contributed by atoms with Crippen LogP contribution in [0, 0.1) is 6.92 Å². The van der Waals surface area contributed by atoms with Crippen molar-refractivity contribution < 1.29 is 9.46 Å². The molecule has 22 heavy (non-hydrogen) atoms. The van der Waals surface area contributed by atoms with Crippen LogP contribution < -0.4 is 10.8 Å². The van der Waals surface area contributed by atoms with Crippen molar-refractivity contribution in [3.05, 3.63) is 66.2 Å². The smallest absolute Gasteiger partial charge is 0.265 e. The number of pyridine rings is 1. The number of benzene rings is 2. The molecule has 1 unspecified atom stereocenters. The van der Waals surface area contributed by atoms with E-state index in [2.05, 4.69) is 10.3 Å². The van der Waals surface area contributed by atoms with Crippen molar-refractivity contribution in [3.8, 4) is 0 Å². The SMILES string of the molecule is Cc1ccccc1NCP(=O)(O)c1ccc2ccccc2n1. The van der Waals surface area contributed by atoms with Crippen LogP contribution in [0.1, 0.15) is 5.56 Å². The lowest BCUT2D eigenvalue weighted by molar-refractivity contribution is 0.491. The van der Waals surface area contributed by atoms with Crippen molar-refractivity contribution in [2.75, 3.05) is 11.6 Å². The molecule has 1 heterocycles. The Morgan fingerprint density at radius 3 is 2.59 bits per heavy atom. The average molecular weight is 312 g/mol. The Labute approximate surface area is 129 Å². The Morgan fingerprint density at radius 1 is 1.05 bits per heavy atom. The summed E-state index contributed by atoms with van der Waals surface area (Å²) in [6.45, 7) is 1.96. The van der Waals surface area contributed by atoms with Crippen LogP contribution in [0.5, 0.6) is 0 Å². The third-order valence-electron chi connectivity index (χ3n) is 3.57. The first-order valence-electron chi connectivity index (χ1n) is 7.04. The number of hydrogen-bond acceptors (Lipinski definition) is 3. The van der Waals surface area contributed by atoms with Crippen LogP contribution in [-0.4, -0.2) is 16.2 Å². The van der Waals surface area contributed by atoms with Crippen LogP contribution in [0.2, 0.25) is 0 Å². The van der Waals surface area contributed by atoms with Gasteiger partial charge in [0.15, 0.2) is 0 Å². The number of hydrogen-bond donors (Lipinski definition) is 2. The van der Waals surface area contributed by atoms with Gasteiger partial charge in [-0.05, 0) is 30.7 Å². The number of aromatic nitrogens is 1. The third-order valence-corrected chi connectivity index (χ3v) is 5.12. The number of anilines is 1. The molecule has 4 nitrogen and oxygen atoms in total. The van der Waals surface area contributed by atoms with E-state index in [0.717, 1.165) is 22.2 Å². The minimum atomic E-state index is -3.56. The standard InChI is InChI=1S/C17H17N2O2P/c1-13-6-2-4-8-15(13)18-12-22(20,21)17-11-10-14-7-3-5-9-16(14)19-17/h2-11,18H,12H2,1H3,(H,20,21). The second-order valence-electron chi connectivity index (χ2n) is 5.21. The lowest BCUT2D eigenvalue weighted by Crippen LogP contribution is -2.16. The summed E-state index contributed by atoms with van der Waals surface area (Å²) in [4.78, 5) is 14.7. The van der Waals surface area contributed by atoms with Gasteiger partial charge in [-0.15, -0.1) is 0 Å². The highest BCUT2D eigenvalue weighted by Gasteiger charge is 2.23. The van der Waals surface area contributed by atoms with Crippen LogP contribution in [-0.2, 0) is 4.57 Å². The molecule has 0 fully saturated rings. The summed E-state index contributed by atoms with van der Waals surface area (Å²) in [7, 11) is -3.56. The molecule has 112 valence electrons. The second-order valence-corrected chi connectivity index (χ2v) is 7.39. The Hall–Kier alpha value is -2.16. The number of rotatable bonds is 4. The van der Waals surface area contributed by atoms with E-state index in [1.165, 1.54) is 0 Å². The molecule has 0 bridgehead atoms. The zero-order chi connectivity index (χ0) is 15.6. The van der Waals surface area contributed by atoms with Crippen molar-refractivity contribution in [2.45, 2.75) is 6.92 Å². The van der Waals surface area contributed by atoms with E-state index in [4.69, 9.17) is 0 Å². The van der Waals surface area contributed by atoms with Crippen molar-refractivity contribution >= 4 is 29.4 Å². The van der Waals surface area contributed by atoms with Gasteiger partial charge in [-0.3, -0.25) is 4.57 Å². The first-order valence-corrected chi connectivity index (χ1v) is 8.88. The predicted octanol–water partition coefficient (Wildman–Crippen LogP) is 3.51. The molecule has 2 aromatic carbocycles. The molecule has 0 amide bonds. The minimum absolute atomic E-state index is 0.0385. The van der Waals surface area contributed by atoms with Gasteiger partial charge in [0.2, 0.25) is 0 Å². The van der Waals surface area contributed by atoms with Crippen molar-refractivity contribution in [3.63, 3.8) is 0 Å². The minimum Gasteiger partial charge on any atom is -0.375 e. The molecule has 3 aromatic rings. The van der Waals surface area contributed by atoms with Crippen molar-refractivity contribution in [2.24, 2.45) is 0 Å². The zero-order valence-electron chi connectivity index (χ0n) is 12.2. The lowest BCUT2D eigenvalue weighted by atomic mass is 10.2. The van der Waals surface area contributed by atoms with E-state index in [0.29, 0.717) is 0 Å². The molecule has 0 aliphatic carbocycles. The maximum atomic E-state index is 12.6. The summed E-state index contributed by atoms with van der Waals surface area (Å²) < 4.78 is 12.6. The van der Waals surface area contributed by atoms with Gasteiger partial charge in [0.25, 0.3) is 7.37 Å². The summed E-state index contributed by atoms with van der Waals surface area (Å²) in [6, 6.07) is 18.7. The maximum Gasteiger partial charge on any atom is 0.265 e. The molecular formula is C17H17N2O2P. The van der Waals surface area contributed by atoms with Crippen LogP contribution in [0.3, 0.4) is 0 Å². The number of para-hydroxylation sites is 2. The van der Waals surface area contributed by atoms with E-state index >= 15 is 0 Å². The van der Waals surface area contributed by atoms with Crippen LogP contribution in [0.15, 0.2) is 60.7 Å². The highest BCUT2D eigenvalue weighted by atomic mass is 31.2. The molecule has 0 radical (unpaired) electrons. The van der Waals surface area contributed by atoms with Gasteiger partial charge in [0.1, 0.15) is 5.44 Å². The molecule has 0 saturated carbocycles. The van der Waals surface area contributed by atoms with Gasteiger partial charge in [0, 0.05) is 11.1 Å². The fourth-order valence-corrected chi connectivity index (χ4v) is 3.41. The first kappa shape index (κ1) is 14.8. The fraction of sp³-hybridized carbons (Fsp3) is 0.118. The molecule has 2 N–H and O–H groups in total. The normalized spacial score (nSPS) is 13.7. The topological polar surface area (TPSA) is 62.2 Å². The summed E-state index contributed by atoms with van der Waals surface area (Å²) in [5, 5.41) is 4.00. The van der Waals surface area contributed by atoms with E-state index in [1.54, 1.807) is 6.07 Å². The molecule has 0 aliphatic heterocycles. The summed E-state index contributed by atoms with van der Waals surface area (Å²) in [5.74, 6) is 0. The monoisotopic (exact) mass is 312 g/mol. The number of aryl methyl sites for hydroxylation is 1. The van der Waals surface area contributed by atoms with Crippen LogP contribution >= 0.6 is 7.37 Å². The summed E-state index contributed by atoms with van der Waals surface area (Å²) >= 11 is 0. The van der Waals surface area contributed by atoms with Crippen molar-refractivity contribution in [1.29, 1.82) is 0 Å². The number of nitrogens with one attached hydrogen (secondary N) is 1. The predicted molar refractivity (Wildman–Crippen MR) is 90.9 cm³/mol. The molecule has 0 saturated heterocycles. The maximum absolute atomic E-state index is 12.6. The van der Waals surface area contributed by atoms with E-state index in [1.807, 2.05) is 61.5 Å². The average Bonchev–Trinajstić information content (AvgIpc) is 2.54. The number of fused-ring (bicyclic) bond motifs is 1. The van der Waals surface area contributed by atoms with E-state index in [-0.39, 0.29) is 11.7 Å².